The van der Waals surface area contributed by atoms with Gasteiger partial charge >= 0.3 is 12.0 Å². The Labute approximate surface area is 182 Å². The topological polar surface area (TPSA) is 70.7 Å². The maximum Gasteiger partial charge on any atom is 0.319 e. The van der Waals surface area contributed by atoms with Crippen molar-refractivity contribution in [1.82, 2.24) is 15.5 Å². The third kappa shape index (κ3) is 7.14. The molecule has 0 spiro atoms. The minimum Gasteiger partial charge on any atom is -0.468 e. The average Bonchev–Trinajstić information content (AvgIpc) is 2.67. The largest absolute Gasteiger partial charge is 0.468 e. The first kappa shape index (κ1) is 23.4. The van der Waals surface area contributed by atoms with E-state index in [2.05, 4.69) is 15.4 Å². The Kier molecular flexibility index (Phi) is 8.84. The molecule has 4 bridgehead atoms. The van der Waals surface area contributed by atoms with Crippen LogP contribution >= 0.6 is 0 Å². The average molecular weight is 422 g/mol. The molecule has 0 aromatic carbocycles. The standard InChI is InChI=1S/C24H43N3O3/c1-27(18-22(28)30-2)11-9-7-5-3-4-6-8-10-25-23(29)26-24-15-19-12-20(16-24)14-21(13-19)17-24/h19-21H,3-18H2,1-2H3,(H2,25,26,29). The highest BCUT2D eigenvalue weighted by molar-refractivity contribution is 5.74. The summed E-state index contributed by atoms with van der Waals surface area (Å²) in [6.07, 6.45) is 16.2. The molecule has 2 N–H and O–H groups in total. The number of hydrogen-bond acceptors (Lipinski definition) is 4. The van der Waals surface area contributed by atoms with E-state index >= 15 is 0 Å². The van der Waals surface area contributed by atoms with E-state index in [4.69, 9.17) is 0 Å². The fraction of sp³-hybridized carbons (Fsp3) is 0.917. The van der Waals surface area contributed by atoms with Crippen LogP contribution in [0.2, 0.25) is 0 Å². The number of nitrogens with one attached hydrogen (secondary N) is 2. The lowest BCUT2D eigenvalue weighted by atomic mass is 9.53. The maximum absolute atomic E-state index is 12.4. The zero-order valence-corrected chi connectivity index (χ0v) is 19.2. The normalized spacial score (nSPS) is 29.2. The van der Waals surface area contributed by atoms with Crippen LogP contribution in [0.5, 0.6) is 0 Å². The highest BCUT2D eigenvalue weighted by Crippen LogP contribution is 2.55. The van der Waals surface area contributed by atoms with Gasteiger partial charge in [0.1, 0.15) is 0 Å². The second-order valence-electron chi connectivity index (χ2n) is 10.4. The van der Waals surface area contributed by atoms with Gasteiger partial charge in [-0.2, -0.15) is 0 Å². The van der Waals surface area contributed by atoms with Gasteiger partial charge in [-0.05, 0) is 82.7 Å². The van der Waals surface area contributed by atoms with E-state index < -0.39 is 0 Å². The van der Waals surface area contributed by atoms with Crippen molar-refractivity contribution in [3.05, 3.63) is 0 Å². The molecule has 0 saturated heterocycles. The molecular weight excluding hydrogens is 378 g/mol. The fourth-order valence-electron chi connectivity index (χ4n) is 6.51. The molecule has 2 amide bonds. The van der Waals surface area contributed by atoms with Crippen LogP contribution in [0.25, 0.3) is 0 Å². The number of likely N-dealkylation sites (N-methyl/N-ethyl adjacent to an activating group) is 1. The Bertz CT molecular complexity index is 531. The second kappa shape index (κ2) is 11.4. The number of urea groups is 1. The molecule has 0 aromatic heterocycles. The summed E-state index contributed by atoms with van der Waals surface area (Å²) in [4.78, 5) is 25.6. The molecule has 6 heteroatoms. The fourth-order valence-corrected chi connectivity index (χ4v) is 6.51. The van der Waals surface area contributed by atoms with Crippen molar-refractivity contribution < 1.29 is 14.3 Å². The highest BCUT2D eigenvalue weighted by atomic mass is 16.5. The van der Waals surface area contributed by atoms with Crippen molar-refractivity contribution in [3.8, 4) is 0 Å². The Morgan fingerprint density at radius 1 is 0.900 bits per heavy atom. The number of rotatable bonds is 13. The molecule has 4 fully saturated rings. The van der Waals surface area contributed by atoms with E-state index in [9.17, 15) is 9.59 Å². The first-order valence-electron chi connectivity index (χ1n) is 12.3. The van der Waals surface area contributed by atoms with Gasteiger partial charge in [0, 0.05) is 12.1 Å². The zero-order valence-electron chi connectivity index (χ0n) is 19.2. The SMILES string of the molecule is COC(=O)CN(C)CCCCCCCCCNC(=O)NC12CC3CC(CC(C3)C1)C2. The maximum atomic E-state index is 12.4. The molecule has 0 unspecified atom stereocenters. The minimum atomic E-state index is -0.169. The van der Waals surface area contributed by atoms with Gasteiger partial charge in [0.2, 0.25) is 0 Å². The summed E-state index contributed by atoms with van der Waals surface area (Å²) in [5.41, 5.74) is 0.115. The number of ether oxygens (including phenoxy) is 1. The van der Waals surface area contributed by atoms with Gasteiger partial charge in [-0.3, -0.25) is 9.69 Å². The zero-order chi connectivity index (χ0) is 21.4. The van der Waals surface area contributed by atoms with Crippen molar-refractivity contribution in [2.75, 3.05) is 33.8 Å². The molecule has 4 rings (SSSR count). The second-order valence-corrected chi connectivity index (χ2v) is 10.4. The number of methoxy groups -OCH3 is 1. The van der Waals surface area contributed by atoms with Crippen LogP contribution in [0.3, 0.4) is 0 Å². The molecule has 0 radical (unpaired) electrons. The molecule has 0 aromatic rings. The molecule has 172 valence electrons. The number of amides is 2. The lowest BCUT2D eigenvalue weighted by Gasteiger charge is -2.56. The molecule has 0 heterocycles. The van der Waals surface area contributed by atoms with Crippen LogP contribution in [-0.2, 0) is 9.53 Å². The molecular formula is C24H43N3O3. The molecule has 0 atom stereocenters. The molecule has 4 saturated carbocycles. The third-order valence-corrected chi connectivity index (χ3v) is 7.55. The van der Waals surface area contributed by atoms with Crippen molar-refractivity contribution >= 4 is 12.0 Å². The first-order valence-corrected chi connectivity index (χ1v) is 12.3. The Balaban J connectivity index is 1.14. The van der Waals surface area contributed by atoms with Crippen LogP contribution in [0, 0.1) is 17.8 Å². The number of esters is 1. The lowest BCUT2D eigenvalue weighted by Crippen LogP contribution is -2.61. The van der Waals surface area contributed by atoms with Crippen LogP contribution in [0.4, 0.5) is 4.79 Å². The monoisotopic (exact) mass is 421 g/mol. The summed E-state index contributed by atoms with van der Waals surface area (Å²) in [5.74, 6) is 2.43. The van der Waals surface area contributed by atoms with Crippen molar-refractivity contribution in [2.24, 2.45) is 17.8 Å². The lowest BCUT2D eigenvalue weighted by molar-refractivity contribution is -0.141. The quantitative estimate of drug-likeness (QED) is 0.347. The van der Waals surface area contributed by atoms with Crippen molar-refractivity contribution in [1.29, 1.82) is 0 Å². The van der Waals surface area contributed by atoms with E-state index in [0.29, 0.717) is 6.54 Å². The number of nitrogens with zero attached hydrogens (tertiary/aromatic N) is 1. The van der Waals surface area contributed by atoms with Crippen LogP contribution in [-0.4, -0.2) is 56.2 Å². The van der Waals surface area contributed by atoms with Crippen LogP contribution in [0.15, 0.2) is 0 Å². The Morgan fingerprint density at radius 3 is 2.00 bits per heavy atom. The third-order valence-electron chi connectivity index (χ3n) is 7.55. The number of unbranched alkanes of at least 4 members (excludes halogenated alkanes) is 6. The summed E-state index contributed by atoms with van der Waals surface area (Å²) in [7, 11) is 3.39. The Hall–Kier alpha value is -1.30. The van der Waals surface area contributed by atoms with Gasteiger partial charge in [-0.25, -0.2) is 4.79 Å². The number of hydrogen-bond donors (Lipinski definition) is 2. The molecule has 6 nitrogen and oxygen atoms in total. The molecule has 0 aliphatic heterocycles. The molecule has 4 aliphatic rings. The van der Waals surface area contributed by atoms with Gasteiger partial charge < -0.3 is 15.4 Å². The summed E-state index contributed by atoms with van der Waals surface area (Å²) in [6.45, 7) is 2.11. The van der Waals surface area contributed by atoms with Gasteiger partial charge in [-0.1, -0.05) is 32.1 Å². The molecule has 30 heavy (non-hydrogen) atoms. The predicted octanol–water partition coefficient (Wildman–Crippen LogP) is 4.09. The van der Waals surface area contributed by atoms with Crippen molar-refractivity contribution in [3.63, 3.8) is 0 Å². The summed E-state index contributed by atoms with van der Waals surface area (Å²) >= 11 is 0. The Morgan fingerprint density at radius 2 is 1.43 bits per heavy atom. The van der Waals surface area contributed by atoms with E-state index in [-0.39, 0.29) is 17.5 Å². The van der Waals surface area contributed by atoms with Gasteiger partial charge in [0.15, 0.2) is 0 Å². The summed E-state index contributed by atoms with van der Waals surface area (Å²) in [5, 5.41) is 6.50. The van der Waals surface area contributed by atoms with Gasteiger partial charge in [0.05, 0.1) is 13.7 Å². The van der Waals surface area contributed by atoms with E-state index in [1.807, 2.05) is 11.9 Å². The van der Waals surface area contributed by atoms with E-state index in [1.54, 1.807) is 0 Å². The highest BCUT2D eigenvalue weighted by Gasteiger charge is 2.51. The first-order chi connectivity index (χ1) is 14.5. The summed E-state index contributed by atoms with van der Waals surface area (Å²) < 4.78 is 4.68. The van der Waals surface area contributed by atoms with Crippen molar-refractivity contribution in [2.45, 2.75) is 89.0 Å². The van der Waals surface area contributed by atoms with Gasteiger partial charge in [-0.15, -0.1) is 0 Å². The molecule has 4 aliphatic carbocycles. The minimum absolute atomic E-state index is 0.0630. The van der Waals surface area contributed by atoms with E-state index in [0.717, 1.165) is 43.7 Å². The van der Waals surface area contributed by atoms with Crippen LogP contribution < -0.4 is 10.6 Å². The van der Waals surface area contributed by atoms with Crippen LogP contribution in [0.1, 0.15) is 83.5 Å². The van der Waals surface area contributed by atoms with E-state index in [1.165, 1.54) is 77.7 Å². The number of carbonyl (C=O) groups is 2. The number of carbonyl (C=O) groups excluding carboxylic acids is 2. The smallest absolute Gasteiger partial charge is 0.319 e. The summed E-state index contributed by atoms with van der Waals surface area (Å²) in [6, 6.07) is 0.0630. The predicted molar refractivity (Wildman–Crippen MR) is 119 cm³/mol. The van der Waals surface area contributed by atoms with Gasteiger partial charge in [0.25, 0.3) is 0 Å².